The number of halogens is 4. The molecule has 0 radical (unpaired) electrons. The summed E-state index contributed by atoms with van der Waals surface area (Å²) in [4.78, 5) is 23.0. The Morgan fingerprint density at radius 2 is 1.86 bits per heavy atom. The Kier molecular flexibility index (Phi) is 5.96. The monoisotopic (exact) mass is 456 g/mol. The molecule has 0 saturated carbocycles. The third-order valence-corrected chi connectivity index (χ3v) is 5.22. The van der Waals surface area contributed by atoms with Gasteiger partial charge in [-0.05, 0) is 12.1 Å². The first-order chi connectivity index (χ1) is 13.3. The van der Waals surface area contributed by atoms with E-state index in [1.165, 1.54) is 0 Å². The first-order valence-electron chi connectivity index (χ1n) is 7.48. The van der Waals surface area contributed by atoms with Gasteiger partial charge in [0.2, 0.25) is 0 Å². The normalized spacial score (nSPS) is 11.8. The number of pyridine rings is 1. The molecule has 2 heterocycles. The van der Waals surface area contributed by atoms with Gasteiger partial charge in [-0.2, -0.15) is 5.26 Å². The molecule has 0 bridgehead atoms. The third kappa shape index (κ3) is 3.86. The van der Waals surface area contributed by atoms with Gasteiger partial charge in [-0.1, -0.05) is 58.5 Å². The van der Waals surface area contributed by atoms with Crippen LogP contribution in [0.2, 0.25) is 20.2 Å². The van der Waals surface area contributed by atoms with Gasteiger partial charge >= 0.3 is 5.97 Å². The highest BCUT2D eigenvalue weighted by Crippen LogP contribution is 2.36. The Morgan fingerprint density at radius 3 is 2.54 bits per heavy atom. The van der Waals surface area contributed by atoms with E-state index in [1.54, 1.807) is 24.3 Å². The number of aliphatic hydroxyl groups is 1. The summed E-state index contributed by atoms with van der Waals surface area (Å²) in [5.41, 5.74) is 0.722. The highest BCUT2D eigenvalue weighted by Gasteiger charge is 2.22. The average molecular weight is 458 g/mol. The number of benzene rings is 1. The predicted octanol–water partition coefficient (Wildman–Crippen LogP) is 5.22. The lowest BCUT2D eigenvalue weighted by molar-refractivity contribution is 0.0496. The minimum atomic E-state index is -1.01. The third-order valence-electron chi connectivity index (χ3n) is 3.54. The number of H-pyrrole nitrogens is 1. The summed E-state index contributed by atoms with van der Waals surface area (Å²) < 4.78 is 4.95. The Hall–Kier alpha value is -2.50. The van der Waals surface area contributed by atoms with Crippen LogP contribution in [0, 0.1) is 11.3 Å². The first kappa shape index (κ1) is 20.2. The molecule has 0 unspecified atom stereocenters. The lowest BCUT2D eigenvalue weighted by Crippen LogP contribution is -2.12. The van der Waals surface area contributed by atoms with Gasteiger partial charge in [-0.15, -0.1) is 0 Å². The van der Waals surface area contributed by atoms with Gasteiger partial charge in [-0.25, -0.2) is 14.8 Å². The number of aliphatic hydroxyl groups excluding tert-OH is 1. The van der Waals surface area contributed by atoms with Gasteiger partial charge in [0.15, 0.2) is 17.3 Å². The van der Waals surface area contributed by atoms with Crippen molar-refractivity contribution in [3.05, 3.63) is 61.8 Å². The first-order valence-corrected chi connectivity index (χ1v) is 8.99. The van der Waals surface area contributed by atoms with Crippen molar-refractivity contribution in [2.24, 2.45) is 0 Å². The summed E-state index contributed by atoms with van der Waals surface area (Å²) in [6.45, 7) is -0.630. The second-order valence-electron chi connectivity index (χ2n) is 5.31. The van der Waals surface area contributed by atoms with Crippen molar-refractivity contribution in [2.45, 2.75) is 0 Å². The van der Waals surface area contributed by atoms with E-state index in [0.29, 0.717) is 11.0 Å². The zero-order chi connectivity index (χ0) is 20.4. The Morgan fingerprint density at radius 1 is 1.14 bits per heavy atom. The topological polar surface area (TPSA) is 112 Å². The van der Waals surface area contributed by atoms with Crippen molar-refractivity contribution in [2.75, 3.05) is 6.61 Å². The molecule has 0 saturated heterocycles. The molecule has 0 spiro atoms. The van der Waals surface area contributed by atoms with Crippen molar-refractivity contribution in [3.8, 4) is 6.07 Å². The van der Waals surface area contributed by atoms with Crippen LogP contribution in [-0.2, 0) is 4.74 Å². The van der Waals surface area contributed by atoms with E-state index in [-0.39, 0.29) is 37.3 Å². The molecule has 0 amide bonds. The second-order valence-corrected chi connectivity index (χ2v) is 6.80. The van der Waals surface area contributed by atoms with E-state index in [4.69, 9.17) is 51.1 Å². The zero-order valence-electron chi connectivity index (χ0n) is 13.6. The molecule has 0 fully saturated rings. The quantitative estimate of drug-likeness (QED) is 0.240. The molecule has 1 aromatic carbocycles. The van der Waals surface area contributed by atoms with Gasteiger partial charge in [0.25, 0.3) is 0 Å². The van der Waals surface area contributed by atoms with Crippen LogP contribution in [0.1, 0.15) is 16.3 Å². The molecule has 7 nitrogen and oxygen atoms in total. The molecule has 3 aromatic rings. The number of carbonyl (C=O) groups excluding carboxylic acids is 1. The number of aromatic amines is 1. The number of allylic oxidation sites excluding steroid dienone is 1. The molecule has 3 rings (SSSR count). The van der Waals surface area contributed by atoms with Crippen LogP contribution in [0.4, 0.5) is 0 Å². The molecule has 0 aliphatic heterocycles. The van der Waals surface area contributed by atoms with Gasteiger partial charge < -0.3 is 14.8 Å². The number of fused-ring (bicyclic) bond motifs is 1. The number of esters is 1. The zero-order valence-corrected chi connectivity index (χ0v) is 16.7. The SMILES string of the molecule is N#CC(=C(O)COC(=O)c1nc(Cl)c(Cl)c(Cl)c1Cl)c1nc2ccccc2[nH]1. The summed E-state index contributed by atoms with van der Waals surface area (Å²) in [7, 11) is 0. The predicted molar refractivity (Wildman–Crippen MR) is 106 cm³/mol. The molecule has 2 aromatic heterocycles. The van der Waals surface area contributed by atoms with E-state index in [0.717, 1.165) is 0 Å². The summed E-state index contributed by atoms with van der Waals surface area (Å²) in [6.07, 6.45) is 0. The Balaban J connectivity index is 1.84. The van der Waals surface area contributed by atoms with Crippen molar-refractivity contribution in [3.63, 3.8) is 0 Å². The van der Waals surface area contributed by atoms with Gasteiger partial charge in [0.05, 0.1) is 26.1 Å². The lowest BCUT2D eigenvalue weighted by atomic mass is 10.2. The number of nitriles is 1. The number of aromatic nitrogens is 3. The molecule has 0 aliphatic rings. The van der Waals surface area contributed by atoms with Crippen LogP contribution >= 0.6 is 46.4 Å². The lowest BCUT2D eigenvalue weighted by Gasteiger charge is -2.08. The number of rotatable bonds is 4. The van der Waals surface area contributed by atoms with E-state index in [2.05, 4.69) is 15.0 Å². The molecular weight excluding hydrogens is 450 g/mol. The minimum absolute atomic E-state index is 0.107. The fourth-order valence-corrected chi connectivity index (χ4v) is 3.03. The fraction of sp³-hybridized carbons (Fsp3) is 0.0588. The van der Waals surface area contributed by atoms with Gasteiger partial charge in [-0.3, -0.25) is 0 Å². The van der Waals surface area contributed by atoms with Crippen LogP contribution in [0.25, 0.3) is 16.6 Å². The van der Waals surface area contributed by atoms with Crippen molar-refractivity contribution in [1.82, 2.24) is 15.0 Å². The van der Waals surface area contributed by atoms with Gasteiger partial charge in [0.1, 0.15) is 23.4 Å². The number of hydrogen-bond donors (Lipinski definition) is 2. The summed E-state index contributed by atoms with van der Waals surface area (Å²) in [5, 5.41) is 18.8. The molecular formula is C17H8Cl4N4O3. The number of nitrogens with one attached hydrogen (secondary N) is 1. The highest BCUT2D eigenvalue weighted by atomic mass is 35.5. The maximum absolute atomic E-state index is 12.2. The van der Waals surface area contributed by atoms with Crippen molar-refractivity contribution < 1.29 is 14.6 Å². The maximum Gasteiger partial charge on any atom is 0.359 e. The van der Waals surface area contributed by atoms with E-state index in [9.17, 15) is 15.2 Å². The molecule has 28 heavy (non-hydrogen) atoms. The molecule has 0 aliphatic carbocycles. The fourth-order valence-electron chi connectivity index (χ4n) is 2.22. The summed E-state index contributed by atoms with van der Waals surface area (Å²) in [5.74, 6) is -1.40. The summed E-state index contributed by atoms with van der Waals surface area (Å²) in [6, 6.07) is 8.90. The number of imidazole rings is 1. The van der Waals surface area contributed by atoms with Gasteiger partial charge in [0, 0.05) is 0 Å². The number of ether oxygens (including phenoxy) is 1. The summed E-state index contributed by atoms with van der Waals surface area (Å²) >= 11 is 23.4. The minimum Gasteiger partial charge on any atom is -0.507 e. The average Bonchev–Trinajstić information content (AvgIpc) is 3.11. The maximum atomic E-state index is 12.2. The van der Waals surface area contributed by atoms with Crippen molar-refractivity contribution >= 4 is 69.0 Å². The Labute approximate surface area is 178 Å². The van der Waals surface area contributed by atoms with E-state index in [1.807, 2.05) is 6.07 Å². The van der Waals surface area contributed by atoms with Crippen molar-refractivity contribution in [1.29, 1.82) is 5.26 Å². The van der Waals surface area contributed by atoms with Crippen LogP contribution < -0.4 is 0 Å². The number of nitrogens with zero attached hydrogens (tertiary/aromatic N) is 3. The standard InChI is InChI=1S/C17H8Cl4N4O3/c18-11-12(19)14(25-15(21)13(11)20)17(27)28-6-10(26)7(5-22)16-23-8-3-1-2-4-9(8)24-16/h1-4,26H,6H2,(H,23,24). The van der Waals surface area contributed by atoms with E-state index >= 15 is 0 Å². The highest BCUT2D eigenvalue weighted by molar-refractivity contribution is 6.52. The number of hydrogen-bond acceptors (Lipinski definition) is 6. The largest absolute Gasteiger partial charge is 0.507 e. The molecule has 11 heteroatoms. The molecule has 142 valence electrons. The van der Waals surface area contributed by atoms with Crippen LogP contribution in [0.3, 0.4) is 0 Å². The van der Waals surface area contributed by atoms with Crippen LogP contribution in [-0.4, -0.2) is 32.6 Å². The van der Waals surface area contributed by atoms with E-state index < -0.39 is 18.3 Å². The number of para-hydroxylation sites is 2. The van der Waals surface area contributed by atoms with Crippen LogP contribution in [0.5, 0.6) is 0 Å². The second kappa shape index (κ2) is 8.25. The molecule has 0 atom stereocenters. The Bertz CT molecular complexity index is 1130. The number of carbonyl (C=O) groups is 1. The molecule has 2 N–H and O–H groups in total. The smallest absolute Gasteiger partial charge is 0.359 e. The van der Waals surface area contributed by atoms with Crippen LogP contribution in [0.15, 0.2) is 30.0 Å².